The molecule has 1 aromatic heterocycles. The van der Waals surface area contributed by atoms with Crippen molar-refractivity contribution in [3.05, 3.63) is 29.0 Å². The summed E-state index contributed by atoms with van der Waals surface area (Å²) in [5.74, 6) is 2.92. The van der Waals surface area contributed by atoms with Gasteiger partial charge in [-0.25, -0.2) is 4.98 Å². The molecule has 20 heavy (non-hydrogen) atoms. The van der Waals surface area contributed by atoms with Crippen LogP contribution >= 0.6 is 23.2 Å². The van der Waals surface area contributed by atoms with Crippen LogP contribution in [-0.4, -0.2) is 9.55 Å². The van der Waals surface area contributed by atoms with E-state index >= 15 is 0 Å². The van der Waals surface area contributed by atoms with E-state index in [0.717, 1.165) is 40.3 Å². The second-order valence-electron chi connectivity index (χ2n) is 6.02. The highest BCUT2D eigenvalue weighted by Gasteiger charge is 2.22. The molecule has 1 aliphatic carbocycles. The Labute approximate surface area is 130 Å². The Morgan fingerprint density at radius 2 is 2.20 bits per heavy atom. The highest BCUT2D eigenvalue weighted by Crippen LogP contribution is 2.32. The molecule has 2 aromatic rings. The standard InChI is InChI=1S/C16H20Cl2N2/c1-11-4-2-5-12(8-11)10-20-15(9-17)19-14-7-3-6-13(18)16(14)20/h3,6-7,11-12H,2,4-5,8-10H2,1H3. The number of nitrogens with zero attached hydrogens (tertiary/aromatic N) is 2. The molecule has 1 saturated carbocycles. The molecule has 0 radical (unpaired) electrons. The average molecular weight is 311 g/mol. The number of halogens is 2. The van der Waals surface area contributed by atoms with Gasteiger partial charge < -0.3 is 4.57 Å². The molecule has 2 unspecified atom stereocenters. The average Bonchev–Trinajstić information content (AvgIpc) is 2.78. The van der Waals surface area contributed by atoms with Gasteiger partial charge in [0.15, 0.2) is 0 Å². The lowest BCUT2D eigenvalue weighted by Gasteiger charge is -2.27. The molecule has 0 N–H and O–H groups in total. The first kappa shape index (κ1) is 14.2. The number of hydrogen-bond donors (Lipinski definition) is 0. The number of benzene rings is 1. The highest BCUT2D eigenvalue weighted by atomic mass is 35.5. The maximum absolute atomic E-state index is 6.37. The first-order chi connectivity index (χ1) is 9.69. The van der Waals surface area contributed by atoms with Crippen molar-refractivity contribution < 1.29 is 0 Å². The normalized spacial score (nSPS) is 23.4. The van der Waals surface area contributed by atoms with Gasteiger partial charge >= 0.3 is 0 Å². The summed E-state index contributed by atoms with van der Waals surface area (Å²) in [7, 11) is 0. The molecule has 1 aliphatic rings. The van der Waals surface area contributed by atoms with Gasteiger partial charge in [-0.3, -0.25) is 0 Å². The number of imidazole rings is 1. The summed E-state index contributed by atoms with van der Waals surface area (Å²) in [6, 6.07) is 5.89. The summed E-state index contributed by atoms with van der Waals surface area (Å²) in [6.45, 7) is 3.35. The van der Waals surface area contributed by atoms with Crippen LogP contribution in [-0.2, 0) is 12.4 Å². The summed E-state index contributed by atoms with van der Waals surface area (Å²) >= 11 is 12.5. The number of aromatic nitrogens is 2. The van der Waals surface area contributed by atoms with Gasteiger partial charge in [-0.2, -0.15) is 0 Å². The molecule has 0 aliphatic heterocycles. The summed E-state index contributed by atoms with van der Waals surface area (Å²) in [4.78, 5) is 4.62. The summed E-state index contributed by atoms with van der Waals surface area (Å²) in [5.41, 5.74) is 2.00. The van der Waals surface area contributed by atoms with Crippen LogP contribution in [0.1, 0.15) is 38.4 Å². The Morgan fingerprint density at radius 3 is 2.95 bits per heavy atom. The molecule has 4 heteroatoms. The highest BCUT2D eigenvalue weighted by molar-refractivity contribution is 6.35. The van der Waals surface area contributed by atoms with E-state index in [1.807, 2.05) is 18.2 Å². The van der Waals surface area contributed by atoms with Gasteiger partial charge in [-0.1, -0.05) is 37.4 Å². The number of hydrogen-bond acceptors (Lipinski definition) is 1. The third-order valence-corrected chi connectivity index (χ3v) is 4.95. The smallest absolute Gasteiger partial charge is 0.124 e. The minimum Gasteiger partial charge on any atom is -0.325 e. The molecule has 0 saturated heterocycles. The number of rotatable bonds is 3. The van der Waals surface area contributed by atoms with Crippen LogP contribution in [0.5, 0.6) is 0 Å². The molecular weight excluding hydrogens is 291 g/mol. The van der Waals surface area contributed by atoms with Crippen LogP contribution in [0.25, 0.3) is 11.0 Å². The van der Waals surface area contributed by atoms with Crippen molar-refractivity contribution in [2.24, 2.45) is 11.8 Å². The first-order valence-electron chi connectivity index (χ1n) is 7.38. The second-order valence-corrected chi connectivity index (χ2v) is 6.69. The predicted molar refractivity (Wildman–Crippen MR) is 85.4 cm³/mol. The molecule has 2 nitrogen and oxygen atoms in total. The summed E-state index contributed by atoms with van der Waals surface area (Å²) in [6.07, 6.45) is 5.30. The van der Waals surface area contributed by atoms with Crippen LogP contribution in [0.3, 0.4) is 0 Å². The van der Waals surface area contributed by atoms with Gasteiger partial charge in [-0.05, 0) is 36.8 Å². The zero-order chi connectivity index (χ0) is 14.1. The molecular formula is C16H20Cl2N2. The fourth-order valence-corrected chi connectivity index (χ4v) is 3.95. The fourth-order valence-electron chi connectivity index (χ4n) is 3.47. The quantitative estimate of drug-likeness (QED) is 0.707. The van der Waals surface area contributed by atoms with Crippen LogP contribution in [0.2, 0.25) is 5.02 Å². The van der Waals surface area contributed by atoms with E-state index in [2.05, 4.69) is 16.5 Å². The second kappa shape index (κ2) is 5.95. The SMILES string of the molecule is CC1CCCC(Cn2c(CCl)nc3cccc(Cl)c32)C1. The van der Waals surface area contributed by atoms with E-state index in [-0.39, 0.29) is 0 Å². The van der Waals surface area contributed by atoms with Crippen molar-refractivity contribution in [1.29, 1.82) is 0 Å². The molecule has 1 heterocycles. The van der Waals surface area contributed by atoms with Gasteiger partial charge in [0.05, 0.1) is 21.9 Å². The third kappa shape index (κ3) is 2.68. The van der Waals surface area contributed by atoms with Crippen LogP contribution in [0.15, 0.2) is 18.2 Å². The molecule has 108 valence electrons. The number of fused-ring (bicyclic) bond motifs is 1. The van der Waals surface area contributed by atoms with Crippen molar-refractivity contribution in [3.63, 3.8) is 0 Å². The molecule has 0 bridgehead atoms. The van der Waals surface area contributed by atoms with Crippen LogP contribution < -0.4 is 0 Å². The van der Waals surface area contributed by atoms with E-state index in [0.29, 0.717) is 5.88 Å². The van der Waals surface area contributed by atoms with Crippen molar-refractivity contribution in [1.82, 2.24) is 9.55 Å². The molecule has 1 aromatic carbocycles. The van der Waals surface area contributed by atoms with Crippen molar-refractivity contribution >= 4 is 34.2 Å². The summed E-state index contributed by atoms with van der Waals surface area (Å²) in [5, 5.41) is 0.773. The van der Waals surface area contributed by atoms with E-state index in [9.17, 15) is 0 Å². The first-order valence-corrected chi connectivity index (χ1v) is 8.30. The number of alkyl halides is 1. The summed E-state index contributed by atoms with van der Waals surface area (Å²) < 4.78 is 2.24. The minimum absolute atomic E-state index is 0.438. The number of para-hydroxylation sites is 1. The van der Waals surface area contributed by atoms with Gasteiger partial charge in [0.2, 0.25) is 0 Å². The molecule has 0 amide bonds. The maximum Gasteiger partial charge on any atom is 0.124 e. The van der Waals surface area contributed by atoms with Gasteiger partial charge in [0, 0.05) is 6.54 Å². The van der Waals surface area contributed by atoms with E-state index in [4.69, 9.17) is 23.2 Å². The Hall–Kier alpha value is -0.730. The molecule has 0 spiro atoms. The van der Waals surface area contributed by atoms with E-state index < -0.39 is 0 Å². The zero-order valence-corrected chi connectivity index (χ0v) is 13.3. The van der Waals surface area contributed by atoms with Gasteiger partial charge in [-0.15, -0.1) is 11.6 Å². The Balaban J connectivity index is 1.97. The van der Waals surface area contributed by atoms with Crippen LogP contribution in [0, 0.1) is 11.8 Å². The molecule has 1 fully saturated rings. The topological polar surface area (TPSA) is 17.8 Å². The lowest BCUT2D eigenvalue weighted by Crippen LogP contribution is -2.19. The van der Waals surface area contributed by atoms with Crippen molar-refractivity contribution in [2.75, 3.05) is 0 Å². The monoisotopic (exact) mass is 310 g/mol. The molecule has 3 rings (SSSR count). The largest absolute Gasteiger partial charge is 0.325 e. The van der Waals surface area contributed by atoms with Crippen molar-refractivity contribution in [3.8, 4) is 0 Å². The van der Waals surface area contributed by atoms with E-state index in [1.165, 1.54) is 25.7 Å². The predicted octanol–water partition coefficient (Wildman–Crippen LogP) is 5.25. The third-order valence-electron chi connectivity index (χ3n) is 4.40. The van der Waals surface area contributed by atoms with Gasteiger partial charge in [0.25, 0.3) is 0 Å². The minimum atomic E-state index is 0.438. The Bertz CT molecular complexity index is 606. The van der Waals surface area contributed by atoms with Crippen LogP contribution in [0.4, 0.5) is 0 Å². The fraction of sp³-hybridized carbons (Fsp3) is 0.562. The molecule has 2 atom stereocenters. The lowest BCUT2D eigenvalue weighted by molar-refractivity contribution is 0.257. The lowest BCUT2D eigenvalue weighted by atomic mass is 9.82. The maximum atomic E-state index is 6.37. The zero-order valence-electron chi connectivity index (χ0n) is 11.8. The Kier molecular flexibility index (Phi) is 4.23. The van der Waals surface area contributed by atoms with E-state index in [1.54, 1.807) is 0 Å². The Morgan fingerprint density at radius 1 is 1.35 bits per heavy atom. The van der Waals surface area contributed by atoms with Crippen molar-refractivity contribution in [2.45, 2.75) is 45.0 Å². The van der Waals surface area contributed by atoms with Gasteiger partial charge in [0.1, 0.15) is 5.82 Å².